The van der Waals surface area contributed by atoms with Gasteiger partial charge in [-0.3, -0.25) is 0 Å². The first-order valence-corrected chi connectivity index (χ1v) is 6.46. The smallest absolute Gasteiger partial charge is 0.124 e. The summed E-state index contributed by atoms with van der Waals surface area (Å²) in [6.45, 7) is 2.04. The lowest BCUT2D eigenvalue weighted by Gasteiger charge is -2.12. The van der Waals surface area contributed by atoms with E-state index in [9.17, 15) is 4.39 Å². The van der Waals surface area contributed by atoms with Gasteiger partial charge < -0.3 is 5.73 Å². The maximum atomic E-state index is 12.9. The second kappa shape index (κ2) is 4.65. The molecule has 0 amide bonds. The van der Waals surface area contributed by atoms with E-state index in [0.717, 1.165) is 10.4 Å². The van der Waals surface area contributed by atoms with Gasteiger partial charge in [0, 0.05) is 14.2 Å². The van der Waals surface area contributed by atoms with Gasteiger partial charge in [-0.25, -0.2) is 4.39 Å². The summed E-state index contributed by atoms with van der Waals surface area (Å²) in [6.07, 6.45) is 0. The van der Waals surface area contributed by atoms with Gasteiger partial charge in [-0.15, -0.1) is 11.3 Å². The zero-order valence-electron chi connectivity index (χ0n) is 8.71. The molecular weight excluding hydrogens is 289 g/mol. The van der Waals surface area contributed by atoms with Gasteiger partial charge in [0.05, 0.1) is 6.04 Å². The molecule has 0 aliphatic rings. The predicted octanol–water partition coefficient (Wildman–Crippen LogP) is 4.01. The largest absolute Gasteiger partial charge is 0.320 e. The van der Waals surface area contributed by atoms with Gasteiger partial charge in [0.15, 0.2) is 0 Å². The SMILES string of the molecule is Cc1ccc(C(N)c2ccc(F)cc2Br)s1. The Morgan fingerprint density at radius 3 is 2.62 bits per heavy atom. The zero-order chi connectivity index (χ0) is 11.7. The number of halogens is 2. The normalized spacial score (nSPS) is 12.8. The number of rotatable bonds is 2. The van der Waals surface area contributed by atoms with E-state index in [1.165, 1.54) is 17.0 Å². The molecular formula is C12H11BrFNS. The first-order valence-electron chi connectivity index (χ1n) is 4.85. The molecule has 4 heteroatoms. The average Bonchev–Trinajstić information content (AvgIpc) is 2.64. The van der Waals surface area contributed by atoms with Crippen molar-refractivity contribution < 1.29 is 4.39 Å². The van der Waals surface area contributed by atoms with Crippen LogP contribution >= 0.6 is 27.3 Å². The number of benzene rings is 1. The molecule has 1 atom stereocenters. The summed E-state index contributed by atoms with van der Waals surface area (Å²) in [5.41, 5.74) is 7.04. The Morgan fingerprint density at radius 2 is 2.06 bits per heavy atom. The summed E-state index contributed by atoms with van der Waals surface area (Å²) in [6, 6.07) is 8.45. The van der Waals surface area contributed by atoms with Crippen molar-refractivity contribution in [2.75, 3.05) is 0 Å². The summed E-state index contributed by atoms with van der Waals surface area (Å²) in [7, 11) is 0. The molecule has 0 spiro atoms. The number of hydrogen-bond acceptors (Lipinski definition) is 2. The third kappa shape index (κ3) is 2.34. The van der Waals surface area contributed by atoms with Crippen LogP contribution in [-0.4, -0.2) is 0 Å². The molecule has 1 unspecified atom stereocenters. The Balaban J connectivity index is 2.37. The summed E-state index contributed by atoms with van der Waals surface area (Å²) in [4.78, 5) is 2.31. The monoisotopic (exact) mass is 299 g/mol. The third-order valence-corrected chi connectivity index (χ3v) is 4.14. The summed E-state index contributed by atoms with van der Waals surface area (Å²) in [5.74, 6) is -0.259. The van der Waals surface area contributed by atoms with Crippen LogP contribution in [0.5, 0.6) is 0 Å². The van der Waals surface area contributed by atoms with Crippen LogP contribution < -0.4 is 5.73 Å². The van der Waals surface area contributed by atoms with Crippen LogP contribution in [0.2, 0.25) is 0 Å². The Labute approximate surface area is 106 Å². The van der Waals surface area contributed by atoms with Gasteiger partial charge in [-0.2, -0.15) is 0 Å². The van der Waals surface area contributed by atoms with E-state index in [4.69, 9.17) is 5.73 Å². The van der Waals surface area contributed by atoms with E-state index in [2.05, 4.69) is 15.9 Å². The third-order valence-electron chi connectivity index (χ3n) is 2.37. The molecule has 16 heavy (non-hydrogen) atoms. The first kappa shape index (κ1) is 11.8. The summed E-state index contributed by atoms with van der Waals surface area (Å²) >= 11 is 5.00. The van der Waals surface area contributed by atoms with Gasteiger partial charge in [0.2, 0.25) is 0 Å². The van der Waals surface area contributed by atoms with Crippen molar-refractivity contribution in [3.8, 4) is 0 Å². The lowest BCUT2D eigenvalue weighted by molar-refractivity contribution is 0.625. The van der Waals surface area contributed by atoms with E-state index in [0.29, 0.717) is 4.47 Å². The predicted molar refractivity (Wildman–Crippen MR) is 69.2 cm³/mol. The van der Waals surface area contributed by atoms with E-state index in [-0.39, 0.29) is 11.9 Å². The molecule has 1 heterocycles. The van der Waals surface area contributed by atoms with Crippen LogP contribution in [0.4, 0.5) is 4.39 Å². The maximum absolute atomic E-state index is 12.9. The minimum absolute atomic E-state index is 0.200. The molecule has 0 bridgehead atoms. The Bertz CT molecular complexity index is 509. The highest BCUT2D eigenvalue weighted by atomic mass is 79.9. The van der Waals surface area contributed by atoms with Gasteiger partial charge in [-0.05, 0) is 36.8 Å². The van der Waals surface area contributed by atoms with Crippen LogP contribution in [0.3, 0.4) is 0 Å². The second-order valence-electron chi connectivity index (χ2n) is 3.59. The maximum Gasteiger partial charge on any atom is 0.124 e. The van der Waals surface area contributed by atoms with Crippen molar-refractivity contribution in [3.63, 3.8) is 0 Å². The zero-order valence-corrected chi connectivity index (χ0v) is 11.1. The highest BCUT2D eigenvalue weighted by Gasteiger charge is 2.14. The summed E-state index contributed by atoms with van der Waals surface area (Å²) < 4.78 is 13.7. The van der Waals surface area contributed by atoms with Gasteiger partial charge in [0.25, 0.3) is 0 Å². The van der Waals surface area contributed by atoms with E-state index in [1.54, 1.807) is 17.4 Å². The average molecular weight is 300 g/mol. The standard InChI is InChI=1S/C12H11BrFNS/c1-7-2-5-11(16-7)12(15)9-4-3-8(14)6-10(9)13/h2-6,12H,15H2,1H3. The quantitative estimate of drug-likeness (QED) is 0.891. The Kier molecular flexibility index (Phi) is 3.42. The minimum atomic E-state index is -0.259. The second-order valence-corrected chi connectivity index (χ2v) is 5.77. The molecule has 0 radical (unpaired) electrons. The molecule has 0 saturated carbocycles. The molecule has 1 nitrogen and oxygen atoms in total. The molecule has 1 aromatic carbocycles. The molecule has 0 fully saturated rings. The lowest BCUT2D eigenvalue weighted by Crippen LogP contribution is -2.10. The van der Waals surface area contributed by atoms with Gasteiger partial charge >= 0.3 is 0 Å². The van der Waals surface area contributed by atoms with Crippen LogP contribution in [0.15, 0.2) is 34.8 Å². The van der Waals surface area contributed by atoms with Gasteiger partial charge in [0.1, 0.15) is 5.82 Å². The van der Waals surface area contributed by atoms with Crippen molar-refractivity contribution in [2.45, 2.75) is 13.0 Å². The fourth-order valence-electron chi connectivity index (χ4n) is 1.53. The lowest BCUT2D eigenvalue weighted by atomic mass is 10.1. The molecule has 2 aromatic rings. The molecule has 2 rings (SSSR count). The number of hydrogen-bond donors (Lipinski definition) is 1. The molecule has 0 aliphatic carbocycles. The van der Waals surface area contributed by atoms with Crippen LogP contribution in [0, 0.1) is 12.7 Å². The molecule has 84 valence electrons. The van der Waals surface area contributed by atoms with Crippen molar-refractivity contribution >= 4 is 27.3 Å². The van der Waals surface area contributed by atoms with Crippen LogP contribution in [0.25, 0.3) is 0 Å². The highest BCUT2D eigenvalue weighted by molar-refractivity contribution is 9.10. The molecule has 1 aromatic heterocycles. The Morgan fingerprint density at radius 1 is 1.31 bits per heavy atom. The minimum Gasteiger partial charge on any atom is -0.320 e. The van der Waals surface area contributed by atoms with Crippen molar-refractivity contribution in [3.05, 3.63) is 55.9 Å². The molecule has 0 aliphatic heterocycles. The van der Waals surface area contributed by atoms with Crippen molar-refractivity contribution in [1.29, 1.82) is 0 Å². The fraction of sp³-hybridized carbons (Fsp3) is 0.167. The van der Waals surface area contributed by atoms with Crippen LogP contribution in [0.1, 0.15) is 21.4 Å². The number of nitrogens with two attached hydrogens (primary N) is 1. The van der Waals surface area contributed by atoms with E-state index < -0.39 is 0 Å². The van der Waals surface area contributed by atoms with Gasteiger partial charge in [-0.1, -0.05) is 22.0 Å². The van der Waals surface area contributed by atoms with E-state index in [1.807, 2.05) is 19.1 Å². The number of thiophene rings is 1. The highest BCUT2D eigenvalue weighted by Crippen LogP contribution is 2.31. The first-order chi connectivity index (χ1) is 7.58. The van der Waals surface area contributed by atoms with Crippen LogP contribution in [-0.2, 0) is 0 Å². The Hall–Kier alpha value is -0.710. The summed E-state index contributed by atoms with van der Waals surface area (Å²) in [5, 5.41) is 0. The van der Waals surface area contributed by atoms with Crippen molar-refractivity contribution in [1.82, 2.24) is 0 Å². The van der Waals surface area contributed by atoms with E-state index >= 15 is 0 Å². The molecule has 0 saturated heterocycles. The van der Waals surface area contributed by atoms with Crippen molar-refractivity contribution in [2.24, 2.45) is 5.73 Å². The molecule has 2 N–H and O–H groups in total. The number of aryl methyl sites for hydroxylation is 1. The fourth-order valence-corrected chi connectivity index (χ4v) is 3.02. The topological polar surface area (TPSA) is 26.0 Å².